The molecule has 1 atom stereocenters. The highest BCUT2D eigenvalue weighted by Gasteiger charge is 2.07. The zero-order chi connectivity index (χ0) is 12.8. The van der Waals surface area contributed by atoms with Crippen molar-refractivity contribution in [3.63, 3.8) is 0 Å². The second-order valence-corrected chi connectivity index (χ2v) is 4.72. The molecule has 0 radical (unpaired) electrons. The van der Waals surface area contributed by atoms with Crippen LogP contribution in [0.5, 0.6) is 0 Å². The van der Waals surface area contributed by atoms with Gasteiger partial charge in [0.25, 0.3) is 0 Å². The Labute approximate surface area is 109 Å². The van der Waals surface area contributed by atoms with Gasteiger partial charge < -0.3 is 15.1 Å². The van der Waals surface area contributed by atoms with E-state index in [1.54, 1.807) is 0 Å². The standard InChI is InChI=1S/C15H22N2O/c1-3-12(8-16-2)9-17-10-13-11-18-15-7-5-4-6-14(13)15/h4-7,11-12,16-17H,3,8-10H2,1-2H3. The number of benzene rings is 1. The average Bonchev–Trinajstić information content (AvgIpc) is 2.81. The van der Waals surface area contributed by atoms with Gasteiger partial charge in [0.1, 0.15) is 5.58 Å². The second kappa shape index (κ2) is 6.57. The summed E-state index contributed by atoms with van der Waals surface area (Å²) in [6.07, 6.45) is 3.05. The van der Waals surface area contributed by atoms with Crippen molar-refractivity contribution in [2.75, 3.05) is 20.1 Å². The number of hydrogen-bond acceptors (Lipinski definition) is 3. The summed E-state index contributed by atoms with van der Waals surface area (Å²) in [5.41, 5.74) is 2.21. The summed E-state index contributed by atoms with van der Waals surface area (Å²) in [7, 11) is 2.01. The van der Waals surface area contributed by atoms with Gasteiger partial charge in [0, 0.05) is 17.5 Å². The van der Waals surface area contributed by atoms with Gasteiger partial charge >= 0.3 is 0 Å². The van der Waals surface area contributed by atoms with Crippen LogP contribution in [0.4, 0.5) is 0 Å². The largest absolute Gasteiger partial charge is 0.464 e. The lowest BCUT2D eigenvalue weighted by Gasteiger charge is -2.14. The SMILES string of the molecule is CCC(CNC)CNCc1coc2ccccc12. The lowest BCUT2D eigenvalue weighted by atomic mass is 10.1. The Hall–Kier alpha value is -1.32. The van der Waals surface area contributed by atoms with Gasteiger partial charge in [-0.25, -0.2) is 0 Å². The van der Waals surface area contributed by atoms with Gasteiger partial charge in [0.2, 0.25) is 0 Å². The van der Waals surface area contributed by atoms with Crippen LogP contribution in [-0.4, -0.2) is 20.1 Å². The van der Waals surface area contributed by atoms with Crippen LogP contribution < -0.4 is 10.6 Å². The molecule has 1 heterocycles. The topological polar surface area (TPSA) is 37.2 Å². The Morgan fingerprint density at radius 1 is 1.22 bits per heavy atom. The minimum absolute atomic E-state index is 0.688. The van der Waals surface area contributed by atoms with E-state index in [0.717, 1.165) is 25.2 Å². The lowest BCUT2D eigenvalue weighted by Crippen LogP contribution is -2.29. The maximum absolute atomic E-state index is 5.53. The zero-order valence-electron chi connectivity index (χ0n) is 11.2. The van der Waals surface area contributed by atoms with Gasteiger partial charge in [-0.05, 0) is 32.1 Å². The smallest absolute Gasteiger partial charge is 0.134 e. The van der Waals surface area contributed by atoms with Crippen molar-refractivity contribution >= 4 is 11.0 Å². The van der Waals surface area contributed by atoms with Crippen molar-refractivity contribution in [3.8, 4) is 0 Å². The third kappa shape index (κ3) is 3.12. The molecule has 0 aliphatic rings. The minimum Gasteiger partial charge on any atom is -0.464 e. The van der Waals surface area contributed by atoms with Crippen molar-refractivity contribution in [2.45, 2.75) is 19.9 Å². The monoisotopic (exact) mass is 246 g/mol. The molecule has 18 heavy (non-hydrogen) atoms. The van der Waals surface area contributed by atoms with Crippen LogP contribution in [-0.2, 0) is 6.54 Å². The maximum atomic E-state index is 5.53. The van der Waals surface area contributed by atoms with Crippen molar-refractivity contribution < 1.29 is 4.42 Å². The van der Waals surface area contributed by atoms with E-state index in [2.05, 4.69) is 29.7 Å². The molecule has 98 valence electrons. The van der Waals surface area contributed by atoms with E-state index in [1.165, 1.54) is 17.4 Å². The molecule has 3 nitrogen and oxygen atoms in total. The van der Waals surface area contributed by atoms with E-state index < -0.39 is 0 Å². The Morgan fingerprint density at radius 3 is 2.83 bits per heavy atom. The van der Waals surface area contributed by atoms with Crippen LogP contribution in [0.2, 0.25) is 0 Å². The molecule has 1 aromatic heterocycles. The third-order valence-electron chi connectivity index (χ3n) is 3.38. The predicted octanol–water partition coefficient (Wildman–Crippen LogP) is 2.77. The Morgan fingerprint density at radius 2 is 2.06 bits per heavy atom. The number of fused-ring (bicyclic) bond motifs is 1. The normalized spacial score (nSPS) is 13.0. The average molecular weight is 246 g/mol. The fourth-order valence-electron chi connectivity index (χ4n) is 2.23. The predicted molar refractivity (Wildman–Crippen MR) is 75.6 cm³/mol. The van der Waals surface area contributed by atoms with Crippen LogP contribution in [0, 0.1) is 5.92 Å². The maximum Gasteiger partial charge on any atom is 0.134 e. The van der Waals surface area contributed by atoms with Crippen molar-refractivity contribution in [1.82, 2.24) is 10.6 Å². The summed E-state index contributed by atoms with van der Waals surface area (Å²) in [5.74, 6) is 0.688. The van der Waals surface area contributed by atoms with Gasteiger partial charge in [-0.1, -0.05) is 31.5 Å². The molecule has 0 saturated heterocycles. The molecular formula is C15H22N2O. The van der Waals surface area contributed by atoms with E-state index in [9.17, 15) is 0 Å². The van der Waals surface area contributed by atoms with E-state index >= 15 is 0 Å². The summed E-state index contributed by atoms with van der Waals surface area (Å²) in [6, 6.07) is 8.18. The van der Waals surface area contributed by atoms with Crippen molar-refractivity contribution in [3.05, 3.63) is 36.1 Å². The Balaban J connectivity index is 1.90. The summed E-state index contributed by atoms with van der Waals surface area (Å²) in [4.78, 5) is 0. The van der Waals surface area contributed by atoms with E-state index in [0.29, 0.717) is 5.92 Å². The molecule has 1 aromatic carbocycles. The summed E-state index contributed by atoms with van der Waals surface area (Å²) in [6.45, 7) is 5.21. The molecule has 0 saturated carbocycles. The Bertz CT molecular complexity index is 478. The molecule has 0 aliphatic carbocycles. The van der Waals surface area contributed by atoms with Crippen molar-refractivity contribution in [2.24, 2.45) is 5.92 Å². The highest BCUT2D eigenvalue weighted by molar-refractivity contribution is 5.80. The summed E-state index contributed by atoms with van der Waals surface area (Å²) >= 11 is 0. The molecule has 0 bridgehead atoms. The lowest BCUT2D eigenvalue weighted by molar-refractivity contribution is 0.444. The first-order chi connectivity index (χ1) is 8.85. The molecule has 2 rings (SSSR count). The quantitative estimate of drug-likeness (QED) is 0.789. The van der Waals surface area contributed by atoms with Gasteiger partial charge in [-0.3, -0.25) is 0 Å². The fourth-order valence-corrected chi connectivity index (χ4v) is 2.23. The number of para-hydroxylation sites is 1. The fraction of sp³-hybridized carbons (Fsp3) is 0.467. The first kappa shape index (κ1) is 13.1. The molecule has 0 amide bonds. The van der Waals surface area contributed by atoms with Crippen LogP contribution in [0.3, 0.4) is 0 Å². The first-order valence-corrected chi connectivity index (χ1v) is 6.65. The molecule has 0 spiro atoms. The number of hydrogen-bond donors (Lipinski definition) is 2. The number of rotatable bonds is 7. The zero-order valence-corrected chi connectivity index (χ0v) is 11.2. The van der Waals surface area contributed by atoms with Gasteiger partial charge in [0.15, 0.2) is 0 Å². The first-order valence-electron chi connectivity index (χ1n) is 6.65. The highest BCUT2D eigenvalue weighted by Crippen LogP contribution is 2.20. The van der Waals surface area contributed by atoms with Gasteiger partial charge in [-0.2, -0.15) is 0 Å². The molecular weight excluding hydrogens is 224 g/mol. The third-order valence-corrected chi connectivity index (χ3v) is 3.38. The molecule has 2 aromatic rings. The van der Waals surface area contributed by atoms with Crippen LogP contribution in [0.15, 0.2) is 34.9 Å². The summed E-state index contributed by atoms with van der Waals surface area (Å²) < 4.78 is 5.53. The Kier molecular flexibility index (Phi) is 4.79. The molecule has 3 heteroatoms. The second-order valence-electron chi connectivity index (χ2n) is 4.72. The molecule has 1 unspecified atom stereocenters. The van der Waals surface area contributed by atoms with E-state index in [-0.39, 0.29) is 0 Å². The highest BCUT2D eigenvalue weighted by atomic mass is 16.3. The molecule has 0 fully saturated rings. The molecule has 2 N–H and O–H groups in total. The molecule has 0 aliphatic heterocycles. The van der Waals surface area contributed by atoms with Crippen LogP contribution in [0.25, 0.3) is 11.0 Å². The number of furan rings is 1. The van der Waals surface area contributed by atoms with E-state index in [4.69, 9.17) is 4.42 Å². The minimum atomic E-state index is 0.688. The summed E-state index contributed by atoms with van der Waals surface area (Å²) in [5, 5.41) is 7.96. The van der Waals surface area contributed by atoms with Crippen LogP contribution >= 0.6 is 0 Å². The van der Waals surface area contributed by atoms with E-state index in [1.807, 2.05) is 25.4 Å². The van der Waals surface area contributed by atoms with Gasteiger partial charge in [-0.15, -0.1) is 0 Å². The van der Waals surface area contributed by atoms with Gasteiger partial charge in [0.05, 0.1) is 6.26 Å². The number of nitrogens with one attached hydrogen (secondary N) is 2. The van der Waals surface area contributed by atoms with Crippen LogP contribution in [0.1, 0.15) is 18.9 Å². The van der Waals surface area contributed by atoms with Crippen molar-refractivity contribution in [1.29, 1.82) is 0 Å².